The highest BCUT2D eigenvalue weighted by Gasteiger charge is 2.16. The van der Waals surface area contributed by atoms with Crippen LogP contribution in [0.4, 0.5) is 0 Å². The molecule has 0 bridgehead atoms. The Labute approximate surface area is 228 Å². The summed E-state index contributed by atoms with van der Waals surface area (Å²) in [4.78, 5) is 18.2. The number of nitrogens with zero attached hydrogens (tertiary/aromatic N) is 5. The zero-order chi connectivity index (χ0) is 26.6. The van der Waals surface area contributed by atoms with E-state index < -0.39 is 0 Å². The summed E-state index contributed by atoms with van der Waals surface area (Å²) in [5.74, 6) is 1.75. The van der Waals surface area contributed by atoms with Crippen LogP contribution in [0.15, 0.2) is 88.4 Å². The standard InChI is InChI=1S/C30H27N5O3S/c1-2-3-4-8-17-37-24-15-13-21(14-16-24)27-22(20-34(32-27)23-10-6-5-7-11-23)19-26-29(36)35-30(39-26)31-28(33-35)25-12-9-18-38-25/h5-7,9-16,18-20H,2-4,8,17H2,1H3. The van der Waals surface area contributed by atoms with Gasteiger partial charge in [-0.3, -0.25) is 4.79 Å². The number of hydrogen-bond donors (Lipinski definition) is 0. The summed E-state index contributed by atoms with van der Waals surface area (Å²) in [7, 11) is 0. The third-order valence-electron chi connectivity index (χ3n) is 6.37. The van der Waals surface area contributed by atoms with E-state index in [2.05, 4.69) is 17.0 Å². The molecule has 0 aliphatic carbocycles. The van der Waals surface area contributed by atoms with Gasteiger partial charge in [-0.25, -0.2) is 4.68 Å². The highest BCUT2D eigenvalue weighted by molar-refractivity contribution is 7.15. The quantitative estimate of drug-likeness (QED) is 0.206. The van der Waals surface area contributed by atoms with Crippen molar-refractivity contribution in [1.29, 1.82) is 0 Å². The molecule has 2 aromatic carbocycles. The van der Waals surface area contributed by atoms with Crippen LogP contribution in [0, 0.1) is 0 Å². The zero-order valence-corrected chi connectivity index (χ0v) is 22.3. The van der Waals surface area contributed by atoms with Crippen LogP contribution in [0.5, 0.6) is 5.75 Å². The number of rotatable bonds is 10. The van der Waals surface area contributed by atoms with E-state index >= 15 is 0 Å². The van der Waals surface area contributed by atoms with E-state index in [9.17, 15) is 4.79 Å². The van der Waals surface area contributed by atoms with Gasteiger partial charge in [0.05, 0.1) is 23.1 Å². The van der Waals surface area contributed by atoms with Crippen LogP contribution in [-0.2, 0) is 0 Å². The van der Waals surface area contributed by atoms with Crippen molar-refractivity contribution in [2.24, 2.45) is 0 Å². The Morgan fingerprint density at radius 3 is 2.56 bits per heavy atom. The summed E-state index contributed by atoms with van der Waals surface area (Å²) in [6, 6.07) is 21.4. The lowest BCUT2D eigenvalue weighted by Gasteiger charge is -2.07. The van der Waals surface area contributed by atoms with Crippen molar-refractivity contribution in [1.82, 2.24) is 24.4 Å². The Morgan fingerprint density at radius 2 is 1.82 bits per heavy atom. The Morgan fingerprint density at radius 1 is 0.974 bits per heavy atom. The van der Waals surface area contributed by atoms with Gasteiger partial charge in [0.2, 0.25) is 10.8 Å². The fourth-order valence-corrected chi connectivity index (χ4v) is 5.24. The highest BCUT2D eigenvalue weighted by Crippen LogP contribution is 2.27. The number of furan rings is 1. The SMILES string of the molecule is CCCCCCOc1ccc(-c2nn(-c3ccccc3)cc2C=c2sc3nc(-c4ccco4)nn3c2=O)cc1. The van der Waals surface area contributed by atoms with Crippen LogP contribution in [0.3, 0.4) is 0 Å². The molecule has 0 unspecified atom stereocenters. The summed E-state index contributed by atoms with van der Waals surface area (Å²) >= 11 is 1.29. The Bertz CT molecular complexity index is 1790. The largest absolute Gasteiger partial charge is 0.494 e. The molecule has 8 nitrogen and oxygen atoms in total. The molecule has 6 rings (SSSR count). The summed E-state index contributed by atoms with van der Waals surface area (Å²) in [5.41, 5.74) is 3.22. The molecular formula is C30H27N5O3S. The van der Waals surface area contributed by atoms with Gasteiger partial charge in [0.25, 0.3) is 5.56 Å². The molecule has 0 spiro atoms. The van der Waals surface area contributed by atoms with Crippen LogP contribution in [0.25, 0.3) is 39.6 Å². The van der Waals surface area contributed by atoms with Gasteiger partial charge in [0.15, 0.2) is 5.76 Å². The highest BCUT2D eigenvalue weighted by atomic mass is 32.1. The molecule has 0 aliphatic heterocycles. The van der Waals surface area contributed by atoms with Crippen LogP contribution in [-0.4, -0.2) is 31.0 Å². The predicted octanol–water partition coefficient (Wildman–Crippen LogP) is 5.77. The van der Waals surface area contributed by atoms with Crippen molar-refractivity contribution < 1.29 is 9.15 Å². The smallest absolute Gasteiger partial charge is 0.291 e. The number of hydrogen-bond acceptors (Lipinski definition) is 7. The van der Waals surface area contributed by atoms with Crippen molar-refractivity contribution in [3.05, 3.63) is 99.6 Å². The van der Waals surface area contributed by atoms with E-state index in [1.165, 1.54) is 35.1 Å². The van der Waals surface area contributed by atoms with Crippen molar-refractivity contribution >= 4 is 22.4 Å². The van der Waals surface area contributed by atoms with E-state index in [1.54, 1.807) is 18.4 Å². The predicted molar refractivity (Wildman–Crippen MR) is 152 cm³/mol. The summed E-state index contributed by atoms with van der Waals surface area (Å²) in [5, 5.41) is 9.24. The minimum Gasteiger partial charge on any atom is -0.494 e. The molecule has 0 aliphatic rings. The molecule has 0 radical (unpaired) electrons. The lowest BCUT2D eigenvalue weighted by Crippen LogP contribution is -2.23. The maximum absolute atomic E-state index is 13.2. The van der Waals surface area contributed by atoms with Crippen molar-refractivity contribution in [3.63, 3.8) is 0 Å². The van der Waals surface area contributed by atoms with Crippen molar-refractivity contribution in [2.45, 2.75) is 32.6 Å². The third-order valence-corrected chi connectivity index (χ3v) is 7.33. The number of ether oxygens (including phenoxy) is 1. The molecule has 0 N–H and O–H groups in total. The minimum atomic E-state index is -0.231. The Kier molecular flexibility index (Phi) is 7.05. The maximum Gasteiger partial charge on any atom is 0.291 e. The van der Waals surface area contributed by atoms with Gasteiger partial charge in [0.1, 0.15) is 11.4 Å². The van der Waals surface area contributed by atoms with Crippen LogP contribution < -0.4 is 14.8 Å². The molecular weight excluding hydrogens is 510 g/mol. The molecule has 4 aromatic heterocycles. The number of fused-ring (bicyclic) bond motifs is 1. The zero-order valence-electron chi connectivity index (χ0n) is 21.5. The van der Waals surface area contributed by atoms with E-state index in [0.29, 0.717) is 27.7 Å². The third kappa shape index (κ3) is 5.26. The summed E-state index contributed by atoms with van der Waals surface area (Å²) < 4.78 is 15.0. The second-order valence-corrected chi connectivity index (χ2v) is 10.2. The summed E-state index contributed by atoms with van der Waals surface area (Å²) in [6.07, 6.45) is 10.0. The molecule has 39 heavy (non-hydrogen) atoms. The number of unbranched alkanes of at least 4 members (excludes halogenated alkanes) is 3. The van der Waals surface area contributed by atoms with E-state index in [0.717, 1.165) is 34.7 Å². The van der Waals surface area contributed by atoms with E-state index in [1.807, 2.05) is 71.6 Å². The molecule has 6 aromatic rings. The molecule has 4 heterocycles. The van der Waals surface area contributed by atoms with Crippen LogP contribution in [0.1, 0.15) is 38.2 Å². The molecule has 9 heteroatoms. The number of para-hydroxylation sites is 1. The van der Waals surface area contributed by atoms with Gasteiger partial charge in [0, 0.05) is 17.3 Å². The second-order valence-electron chi connectivity index (χ2n) is 9.17. The van der Waals surface area contributed by atoms with Crippen molar-refractivity contribution in [3.8, 4) is 34.3 Å². The first-order valence-corrected chi connectivity index (χ1v) is 13.8. The average molecular weight is 538 g/mol. The second kappa shape index (κ2) is 11.1. The van der Waals surface area contributed by atoms with E-state index in [4.69, 9.17) is 14.3 Å². The average Bonchev–Trinajstić information content (AvgIpc) is 3.76. The van der Waals surface area contributed by atoms with Crippen LogP contribution in [0.2, 0.25) is 0 Å². The molecule has 196 valence electrons. The fourth-order valence-electron chi connectivity index (χ4n) is 4.34. The molecule has 0 fully saturated rings. The fraction of sp³-hybridized carbons (Fsp3) is 0.200. The van der Waals surface area contributed by atoms with Gasteiger partial charge in [-0.1, -0.05) is 55.7 Å². The first-order valence-electron chi connectivity index (χ1n) is 13.0. The van der Waals surface area contributed by atoms with Gasteiger partial charge in [-0.05, 0) is 61.0 Å². The van der Waals surface area contributed by atoms with Gasteiger partial charge < -0.3 is 9.15 Å². The monoisotopic (exact) mass is 537 g/mol. The summed E-state index contributed by atoms with van der Waals surface area (Å²) in [6.45, 7) is 2.91. The molecule has 0 saturated heterocycles. The van der Waals surface area contributed by atoms with E-state index in [-0.39, 0.29) is 5.56 Å². The van der Waals surface area contributed by atoms with Gasteiger partial charge in [-0.2, -0.15) is 14.6 Å². The number of benzene rings is 2. The van der Waals surface area contributed by atoms with Gasteiger partial charge in [-0.15, -0.1) is 5.10 Å². The normalized spacial score (nSPS) is 12.0. The first-order chi connectivity index (χ1) is 19.2. The van der Waals surface area contributed by atoms with Crippen LogP contribution >= 0.6 is 11.3 Å². The molecule has 0 amide bonds. The Balaban J connectivity index is 1.35. The maximum atomic E-state index is 13.2. The topological polar surface area (TPSA) is 87.4 Å². The number of thiazole rings is 1. The lowest BCUT2D eigenvalue weighted by atomic mass is 10.1. The molecule has 0 atom stereocenters. The lowest BCUT2D eigenvalue weighted by molar-refractivity contribution is 0.305. The number of aromatic nitrogens is 5. The minimum absolute atomic E-state index is 0.231. The molecule has 0 saturated carbocycles. The van der Waals surface area contributed by atoms with Crippen molar-refractivity contribution in [2.75, 3.05) is 6.61 Å². The first kappa shape index (κ1) is 24.8. The Hall–Kier alpha value is -4.50. The van der Waals surface area contributed by atoms with Gasteiger partial charge >= 0.3 is 0 Å².